The second-order valence-electron chi connectivity index (χ2n) is 6.33. The van der Waals surface area contributed by atoms with E-state index in [4.69, 9.17) is 4.74 Å². The van der Waals surface area contributed by atoms with Gasteiger partial charge in [-0.15, -0.1) is 0 Å². The number of carbonyl (C=O) groups excluding carboxylic acids is 1. The number of nitrogens with one attached hydrogen (secondary N) is 2. The number of ether oxygens (including phenoxy) is 1. The molecule has 0 unspecified atom stereocenters. The van der Waals surface area contributed by atoms with Crippen LogP contribution in [0.5, 0.6) is 0 Å². The van der Waals surface area contributed by atoms with Crippen molar-refractivity contribution < 1.29 is 14.6 Å². The minimum Gasteiger partial charge on any atom is -0.396 e. The summed E-state index contributed by atoms with van der Waals surface area (Å²) in [5.74, 6) is 0.107. The molecule has 21 heavy (non-hydrogen) atoms. The number of amides is 1. The van der Waals surface area contributed by atoms with Gasteiger partial charge in [-0.2, -0.15) is 0 Å². The van der Waals surface area contributed by atoms with E-state index in [0.717, 1.165) is 45.2 Å². The van der Waals surface area contributed by atoms with Crippen molar-refractivity contribution >= 4 is 5.91 Å². The molecule has 0 aliphatic carbocycles. The molecule has 1 amide bonds. The highest BCUT2D eigenvalue weighted by Crippen LogP contribution is 2.32. The third-order valence-corrected chi connectivity index (χ3v) is 5.23. The summed E-state index contributed by atoms with van der Waals surface area (Å²) in [6.07, 6.45) is 4.29. The van der Waals surface area contributed by atoms with Gasteiger partial charge in [0.2, 0.25) is 5.91 Å². The van der Waals surface area contributed by atoms with Crippen molar-refractivity contribution in [2.24, 2.45) is 10.8 Å². The van der Waals surface area contributed by atoms with Gasteiger partial charge in [0.05, 0.1) is 12.0 Å². The number of carbonyl (C=O) groups is 1. The van der Waals surface area contributed by atoms with Crippen LogP contribution in [0.25, 0.3) is 0 Å². The average molecular weight is 300 g/mol. The van der Waals surface area contributed by atoms with Gasteiger partial charge in [-0.3, -0.25) is 4.79 Å². The zero-order chi connectivity index (χ0) is 15.8. The lowest BCUT2D eigenvalue weighted by Gasteiger charge is -2.38. The Labute approximate surface area is 128 Å². The number of aliphatic hydroxyl groups excluding tert-OH is 1. The minimum atomic E-state index is -0.396. The SMILES string of the molecule is CCC(CC)(CCO)CNC(=O)C1(COC)CCNCC1. The molecule has 0 aromatic carbocycles. The summed E-state index contributed by atoms with van der Waals surface area (Å²) in [5, 5.41) is 15.7. The lowest BCUT2D eigenvalue weighted by molar-refractivity contribution is -0.136. The van der Waals surface area contributed by atoms with Gasteiger partial charge in [0, 0.05) is 20.3 Å². The van der Waals surface area contributed by atoms with E-state index in [2.05, 4.69) is 24.5 Å². The highest BCUT2D eigenvalue weighted by molar-refractivity contribution is 5.83. The molecule has 0 saturated carbocycles. The molecule has 1 aliphatic heterocycles. The number of methoxy groups -OCH3 is 1. The fraction of sp³-hybridized carbons (Fsp3) is 0.938. The van der Waals surface area contributed by atoms with E-state index >= 15 is 0 Å². The summed E-state index contributed by atoms with van der Waals surface area (Å²) in [6, 6.07) is 0. The first kappa shape index (κ1) is 18.4. The van der Waals surface area contributed by atoms with Crippen LogP contribution in [0.3, 0.4) is 0 Å². The van der Waals surface area contributed by atoms with Crippen molar-refractivity contribution in [3.8, 4) is 0 Å². The predicted molar refractivity (Wildman–Crippen MR) is 84.1 cm³/mol. The molecule has 0 atom stereocenters. The van der Waals surface area contributed by atoms with Crippen LogP contribution >= 0.6 is 0 Å². The molecule has 3 N–H and O–H groups in total. The van der Waals surface area contributed by atoms with Crippen LogP contribution < -0.4 is 10.6 Å². The Kier molecular flexibility index (Phi) is 7.63. The highest BCUT2D eigenvalue weighted by atomic mass is 16.5. The maximum atomic E-state index is 12.7. The first-order valence-corrected chi connectivity index (χ1v) is 8.17. The maximum Gasteiger partial charge on any atom is 0.228 e. The number of rotatable bonds is 9. The monoisotopic (exact) mass is 300 g/mol. The van der Waals surface area contributed by atoms with Crippen molar-refractivity contribution in [2.45, 2.75) is 46.0 Å². The molecule has 0 radical (unpaired) electrons. The molecule has 0 bridgehead atoms. The van der Waals surface area contributed by atoms with Crippen LogP contribution in [0.4, 0.5) is 0 Å². The topological polar surface area (TPSA) is 70.6 Å². The normalized spacial score (nSPS) is 18.5. The fourth-order valence-corrected chi connectivity index (χ4v) is 3.25. The van der Waals surface area contributed by atoms with Crippen molar-refractivity contribution in [1.29, 1.82) is 0 Å². The molecule has 0 spiro atoms. The van der Waals surface area contributed by atoms with Gasteiger partial charge in [-0.25, -0.2) is 0 Å². The van der Waals surface area contributed by atoms with Crippen LogP contribution in [-0.4, -0.2) is 51.0 Å². The largest absolute Gasteiger partial charge is 0.396 e. The molecule has 5 nitrogen and oxygen atoms in total. The van der Waals surface area contributed by atoms with Gasteiger partial charge in [0.25, 0.3) is 0 Å². The summed E-state index contributed by atoms with van der Waals surface area (Å²) in [6.45, 7) is 7.26. The molecular weight excluding hydrogens is 268 g/mol. The number of piperidine rings is 1. The van der Waals surface area contributed by atoms with E-state index in [1.807, 2.05) is 0 Å². The van der Waals surface area contributed by atoms with Crippen molar-refractivity contribution in [3.63, 3.8) is 0 Å². The Morgan fingerprint density at radius 2 is 1.95 bits per heavy atom. The van der Waals surface area contributed by atoms with Crippen LogP contribution in [-0.2, 0) is 9.53 Å². The third-order valence-electron chi connectivity index (χ3n) is 5.23. The quantitative estimate of drug-likeness (QED) is 0.600. The van der Waals surface area contributed by atoms with E-state index in [-0.39, 0.29) is 17.9 Å². The second kappa shape index (κ2) is 8.71. The van der Waals surface area contributed by atoms with E-state index < -0.39 is 5.41 Å². The van der Waals surface area contributed by atoms with E-state index in [1.165, 1.54) is 0 Å². The van der Waals surface area contributed by atoms with Crippen LogP contribution in [0, 0.1) is 10.8 Å². The van der Waals surface area contributed by atoms with Gasteiger partial charge in [-0.1, -0.05) is 13.8 Å². The number of aliphatic hydroxyl groups is 1. The molecular formula is C16H32N2O3. The molecule has 1 heterocycles. The molecule has 0 aromatic rings. The van der Waals surface area contributed by atoms with E-state index in [9.17, 15) is 9.90 Å². The lowest BCUT2D eigenvalue weighted by atomic mass is 9.76. The fourth-order valence-electron chi connectivity index (χ4n) is 3.25. The van der Waals surface area contributed by atoms with E-state index in [1.54, 1.807) is 7.11 Å². The highest BCUT2D eigenvalue weighted by Gasteiger charge is 2.40. The zero-order valence-corrected chi connectivity index (χ0v) is 13.8. The van der Waals surface area contributed by atoms with Crippen molar-refractivity contribution in [3.05, 3.63) is 0 Å². The van der Waals surface area contributed by atoms with Crippen LogP contribution in [0.15, 0.2) is 0 Å². The molecule has 124 valence electrons. The summed E-state index contributed by atoms with van der Waals surface area (Å²) in [5.41, 5.74) is -0.391. The Morgan fingerprint density at radius 1 is 1.33 bits per heavy atom. The molecule has 0 aromatic heterocycles. The standard InChI is InChI=1S/C16H32N2O3/c1-4-15(5-2,8-11-19)12-18-14(20)16(13-21-3)6-9-17-10-7-16/h17,19H,4-13H2,1-3H3,(H,18,20). The van der Waals surface area contributed by atoms with Crippen LogP contribution in [0.1, 0.15) is 46.0 Å². The number of hydrogen-bond acceptors (Lipinski definition) is 4. The molecule has 5 heteroatoms. The van der Waals surface area contributed by atoms with Gasteiger partial charge in [-0.05, 0) is 50.6 Å². The predicted octanol–water partition coefficient (Wildman–Crippen LogP) is 1.31. The maximum absolute atomic E-state index is 12.7. The van der Waals surface area contributed by atoms with Gasteiger partial charge >= 0.3 is 0 Å². The average Bonchev–Trinajstić information content (AvgIpc) is 2.52. The smallest absolute Gasteiger partial charge is 0.228 e. The van der Waals surface area contributed by atoms with Gasteiger partial charge < -0.3 is 20.5 Å². The third kappa shape index (κ3) is 4.66. The van der Waals surface area contributed by atoms with Gasteiger partial charge in [0.1, 0.15) is 0 Å². The Bertz CT molecular complexity index is 305. The first-order valence-electron chi connectivity index (χ1n) is 8.17. The summed E-state index contributed by atoms with van der Waals surface area (Å²) in [7, 11) is 1.66. The summed E-state index contributed by atoms with van der Waals surface area (Å²) in [4.78, 5) is 12.7. The van der Waals surface area contributed by atoms with Crippen molar-refractivity contribution in [1.82, 2.24) is 10.6 Å². The first-order chi connectivity index (χ1) is 10.1. The zero-order valence-electron chi connectivity index (χ0n) is 13.8. The molecule has 1 aliphatic rings. The van der Waals surface area contributed by atoms with E-state index in [0.29, 0.717) is 13.2 Å². The molecule has 1 fully saturated rings. The molecule has 1 saturated heterocycles. The summed E-state index contributed by atoms with van der Waals surface area (Å²) < 4.78 is 5.31. The molecule has 1 rings (SSSR count). The second-order valence-corrected chi connectivity index (χ2v) is 6.33. The van der Waals surface area contributed by atoms with Crippen molar-refractivity contribution in [2.75, 3.05) is 40.0 Å². The summed E-state index contributed by atoms with van der Waals surface area (Å²) >= 11 is 0. The number of hydrogen-bond donors (Lipinski definition) is 3. The van der Waals surface area contributed by atoms with Gasteiger partial charge in [0.15, 0.2) is 0 Å². The Morgan fingerprint density at radius 3 is 2.43 bits per heavy atom. The Hall–Kier alpha value is -0.650. The lowest BCUT2D eigenvalue weighted by Crippen LogP contribution is -2.52. The minimum absolute atomic E-state index is 0.00554. The van der Waals surface area contributed by atoms with Crippen LogP contribution in [0.2, 0.25) is 0 Å². The Balaban J connectivity index is 2.68.